The van der Waals surface area contributed by atoms with E-state index in [1.54, 1.807) is 5.48 Å². The molecular formula is C14H15BrFN5O4S. The van der Waals surface area contributed by atoms with E-state index in [2.05, 4.69) is 41.2 Å². The normalized spacial score (nSPS) is 24.0. The molecule has 9 nitrogen and oxygen atoms in total. The Bertz CT molecular complexity index is 1070. The summed E-state index contributed by atoms with van der Waals surface area (Å²) in [5.41, 5.74) is -3.73. The molecule has 1 aromatic heterocycles. The van der Waals surface area contributed by atoms with Gasteiger partial charge in [-0.25, -0.2) is 22.4 Å². The SMILES string of the molecule is [2H]C1([2H])CC(Nc2nonc2C(=Nc2ccc(F)c(Br)c2)NO)CC([2H])([2H])S1(=O)=O. The lowest BCUT2D eigenvalue weighted by Crippen LogP contribution is -2.33. The van der Waals surface area contributed by atoms with Crippen molar-refractivity contribution in [1.29, 1.82) is 0 Å². The summed E-state index contributed by atoms with van der Waals surface area (Å²) in [6.45, 7) is 0. The first-order chi connectivity index (χ1) is 13.9. The largest absolute Gasteiger partial charge is 0.362 e. The molecule has 0 saturated carbocycles. The summed E-state index contributed by atoms with van der Waals surface area (Å²) >= 11 is 3.01. The van der Waals surface area contributed by atoms with Crippen LogP contribution in [0.3, 0.4) is 0 Å². The van der Waals surface area contributed by atoms with E-state index in [0.29, 0.717) is 0 Å². The molecule has 2 heterocycles. The quantitative estimate of drug-likeness (QED) is 0.365. The molecule has 1 aliphatic heterocycles. The molecule has 1 saturated heterocycles. The van der Waals surface area contributed by atoms with Gasteiger partial charge in [-0.2, -0.15) is 0 Å². The van der Waals surface area contributed by atoms with Crippen molar-refractivity contribution in [2.75, 3.05) is 16.7 Å². The number of aliphatic imine (C=N–C) groups is 1. The fraction of sp³-hybridized carbons (Fsp3) is 0.357. The molecule has 3 N–H and O–H groups in total. The van der Waals surface area contributed by atoms with Gasteiger partial charge in [0.15, 0.2) is 11.5 Å². The monoisotopic (exact) mass is 451 g/mol. The molecule has 3 rings (SSSR count). The van der Waals surface area contributed by atoms with Gasteiger partial charge in [0.05, 0.1) is 21.6 Å². The zero-order chi connectivity index (χ0) is 22.3. The van der Waals surface area contributed by atoms with Gasteiger partial charge in [0.2, 0.25) is 5.82 Å². The zero-order valence-electron chi connectivity index (χ0n) is 16.9. The van der Waals surface area contributed by atoms with E-state index >= 15 is 0 Å². The molecule has 0 amide bonds. The predicted octanol–water partition coefficient (Wildman–Crippen LogP) is 2.02. The van der Waals surface area contributed by atoms with E-state index in [1.165, 1.54) is 12.1 Å². The third kappa shape index (κ3) is 4.37. The molecule has 1 fully saturated rings. The summed E-state index contributed by atoms with van der Waals surface area (Å²) < 4.78 is 73.2. The highest BCUT2D eigenvalue weighted by atomic mass is 79.9. The Hall–Kier alpha value is -2.05. The number of hydroxylamine groups is 1. The molecule has 0 bridgehead atoms. The maximum Gasteiger partial charge on any atom is 0.202 e. The second kappa shape index (κ2) is 7.68. The average molecular weight is 452 g/mol. The van der Waals surface area contributed by atoms with Gasteiger partial charge in [-0.1, -0.05) is 0 Å². The van der Waals surface area contributed by atoms with Crippen molar-refractivity contribution in [1.82, 2.24) is 15.8 Å². The smallest absolute Gasteiger partial charge is 0.202 e. The second-order valence-corrected chi connectivity index (χ2v) is 7.61. The van der Waals surface area contributed by atoms with Crippen molar-refractivity contribution in [2.24, 2.45) is 4.99 Å². The highest BCUT2D eigenvalue weighted by molar-refractivity contribution is 9.10. The maximum atomic E-state index is 13.4. The lowest BCUT2D eigenvalue weighted by molar-refractivity contribution is 0.234. The number of hydrogen-bond acceptors (Lipinski definition) is 8. The number of halogens is 2. The Morgan fingerprint density at radius 3 is 2.81 bits per heavy atom. The average Bonchev–Trinajstić information content (AvgIpc) is 3.08. The van der Waals surface area contributed by atoms with E-state index in [1.807, 2.05) is 0 Å². The molecular weight excluding hydrogens is 433 g/mol. The molecule has 0 spiro atoms. The maximum absolute atomic E-state index is 13.4. The summed E-state index contributed by atoms with van der Waals surface area (Å²) in [7, 11) is -4.67. The zero-order valence-corrected chi connectivity index (χ0v) is 15.3. The van der Waals surface area contributed by atoms with Crippen LogP contribution in [-0.2, 0) is 9.84 Å². The lowest BCUT2D eigenvalue weighted by atomic mass is 10.1. The van der Waals surface area contributed by atoms with E-state index < -0.39 is 45.9 Å². The van der Waals surface area contributed by atoms with Crippen molar-refractivity contribution in [3.05, 3.63) is 34.2 Å². The third-order valence-corrected chi connectivity index (χ3v) is 5.04. The number of anilines is 1. The Morgan fingerprint density at radius 1 is 1.42 bits per heavy atom. The molecule has 2 aromatic rings. The van der Waals surface area contributed by atoms with Crippen LogP contribution in [0, 0.1) is 5.82 Å². The van der Waals surface area contributed by atoms with Crippen LogP contribution in [0.1, 0.15) is 24.0 Å². The van der Waals surface area contributed by atoms with Crippen LogP contribution in [0.2, 0.25) is 0 Å². The Morgan fingerprint density at radius 2 is 2.15 bits per heavy atom. The van der Waals surface area contributed by atoms with Gasteiger partial charge < -0.3 is 5.32 Å². The summed E-state index contributed by atoms with van der Waals surface area (Å²) in [5, 5.41) is 19.3. The van der Waals surface area contributed by atoms with E-state index in [9.17, 15) is 18.0 Å². The van der Waals surface area contributed by atoms with E-state index in [-0.39, 0.29) is 27.5 Å². The van der Waals surface area contributed by atoms with E-state index in [4.69, 9.17) is 5.48 Å². The van der Waals surface area contributed by atoms with Gasteiger partial charge in [0.1, 0.15) is 15.7 Å². The Labute approximate surface area is 162 Å². The molecule has 0 atom stereocenters. The van der Waals surface area contributed by atoms with Gasteiger partial charge in [-0.05, 0) is 57.3 Å². The van der Waals surface area contributed by atoms with Crippen LogP contribution in [0.4, 0.5) is 15.9 Å². The van der Waals surface area contributed by atoms with Crippen LogP contribution in [-0.4, -0.2) is 47.2 Å². The highest BCUT2D eigenvalue weighted by Crippen LogP contribution is 2.24. The first-order valence-corrected chi connectivity index (χ1v) is 9.43. The Kier molecular flexibility index (Phi) is 4.15. The Balaban J connectivity index is 1.89. The number of sulfone groups is 1. The summed E-state index contributed by atoms with van der Waals surface area (Å²) in [6.07, 6.45) is -1.10. The van der Waals surface area contributed by atoms with Crippen LogP contribution >= 0.6 is 15.9 Å². The molecule has 0 unspecified atom stereocenters. The number of benzene rings is 1. The molecule has 140 valence electrons. The topological polar surface area (TPSA) is 130 Å². The minimum absolute atomic E-state index is 0.130. The fourth-order valence-electron chi connectivity index (χ4n) is 2.09. The number of amidine groups is 1. The first-order valence-electron chi connectivity index (χ1n) is 9.15. The van der Waals surface area contributed by atoms with Gasteiger partial charge >= 0.3 is 0 Å². The number of aromatic nitrogens is 2. The van der Waals surface area contributed by atoms with Crippen LogP contribution in [0.15, 0.2) is 32.3 Å². The molecule has 12 heteroatoms. The van der Waals surface area contributed by atoms with Gasteiger partial charge in [0, 0.05) is 11.5 Å². The van der Waals surface area contributed by atoms with Crippen LogP contribution in [0.25, 0.3) is 0 Å². The van der Waals surface area contributed by atoms with Gasteiger partial charge in [-0.15, -0.1) is 0 Å². The molecule has 0 radical (unpaired) electrons. The summed E-state index contributed by atoms with van der Waals surface area (Å²) in [6, 6.07) is 2.82. The summed E-state index contributed by atoms with van der Waals surface area (Å²) in [5.74, 6) is -0.909. The minimum Gasteiger partial charge on any atom is -0.362 e. The second-order valence-electron chi connectivity index (χ2n) is 5.17. The summed E-state index contributed by atoms with van der Waals surface area (Å²) in [4.78, 5) is 4.07. The first kappa shape index (κ1) is 14.1. The van der Waals surface area contributed by atoms with Crippen molar-refractivity contribution in [3.8, 4) is 0 Å². The van der Waals surface area contributed by atoms with Crippen molar-refractivity contribution in [3.63, 3.8) is 0 Å². The number of rotatable bonds is 4. The van der Waals surface area contributed by atoms with Crippen molar-refractivity contribution >= 4 is 43.1 Å². The fourth-order valence-corrected chi connectivity index (χ4v) is 3.40. The van der Waals surface area contributed by atoms with Crippen LogP contribution in [0.5, 0.6) is 0 Å². The standard InChI is InChI=1S/C14H15BrFN5O4S/c15-10-7-9(1-2-11(10)16)18-13(19-22)12-14(21-25-20-12)17-8-3-5-26(23,24)6-4-8/h1-2,7-8,22H,3-6H2,(H,17,21)(H,18,19)/i5D2,6D2. The van der Waals surface area contributed by atoms with Crippen molar-refractivity contribution in [2.45, 2.75) is 18.9 Å². The highest BCUT2D eigenvalue weighted by Gasteiger charge is 2.26. The van der Waals surface area contributed by atoms with Gasteiger partial charge in [0.25, 0.3) is 0 Å². The number of hydrogen-bond donors (Lipinski definition) is 3. The van der Waals surface area contributed by atoms with Gasteiger partial charge in [-0.3, -0.25) is 10.7 Å². The van der Waals surface area contributed by atoms with Crippen molar-refractivity contribution < 1.29 is 28.1 Å². The number of nitrogens with zero attached hydrogens (tertiary/aromatic N) is 3. The third-order valence-electron chi connectivity index (χ3n) is 3.34. The van der Waals surface area contributed by atoms with E-state index in [0.717, 1.165) is 6.07 Å². The molecule has 0 aliphatic carbocycles. The number of nitrogens with one attached hydrogen (secondary N) is 2. The molecule has 1 aliphatic rings. The molecule has 1 aromatic carbocycles. The minimum atomic E-state index is -4.67. The lowest BCUT2D eigenvalue weighted by Gasteiger charge is -2.22. The predicted molar refractivity (Wildman–Crippen MR) is 94.8 cm³/mol. The molecule has 26 heavy (non-hydrogen) atoms. The van der Waals surface area contributed by atoms with Crippen LogP contribution < -0.4 is 10.8 Å².